The van der Waals surface area contributed by atoms with Gasteiger partial charge in [-0.15, -0.1) is 12.4 Å². The third-order valence-electron chi connectivity index (χ3n) is 8.23. The SMILES string of the molecule is CC(CCCc1ccccc1)c1cc(OC(=O)CCCN2CCCCC2)c2c(c1)OC(C)(C)c1ccncc1-2.Cl. The first kappa shape index (κ1) is 30.1. The fourth-order valence-electron chi connectivity index (χ4n) is 6.00. The predicted octanol–water partition coefficient (Wildman–Crippen LogP) is 8.10. The number of pyridine rings is 1. The summed E-state index contributed by atoms with van der Waals surface area (Å²) in [5.41, 5.74) is 4.86. The average Bonchev–Trinajstić information content (AvgIpc) is 2.93. The minimum absolute atomic E-state index is 0. The van der Waals surface area contributed by atoms with Crippen LogP contribution in [-0.2, 0) is 16.8 Å². The van der Waals surface area contributed by atoms with Gasteiger partial charge < -0.3 is 14.4 Å². The van der Waals surface area contributed by atoms with E-state index in [0.717, 1.165) is 73.3 Å². The van der Waals surface area contributed by atoms with Crippen molar-refractivity contribution in [3.8, 4) is 22.6 Å². The molecule has 3 aromatic rings. The van der Waals surface area contributed by atoms with Crippen LogP contribution in [0, 0.1) is 0 Å². The van der Waals surface area contributed by atoms with Gasteiger partial charge in [-0.3, -0.25) is 9.78 Å². The summed E-state index contributed by atoms with van der Waals surface area (Å²) in [6, 6.07) is 16.8. The second-order valence-electron chi connectivity index (χ2n) is 11.7. The highest BCUT2D eigenvalue weighted by Crippen LogP contribution is 2.50. The monoisotopic (exact) mass is 562 g/mol. The van der Waals surface area contributed by atoms with Crippen LogP contribution in [0.1, 0.15) is 88.3 Å². The number of carbonyl (C=O) groups excluding carboxylic acids is 1. The Labute approximate surface area is 245 Å². The lowest BCUT2D eigenvalue weighted by molar-refractivity contribution is -0.134. The van der Waals surface area contributed by atoms with E-state index >= 15 is 0 Å². The number of esters is 1. The van der Waals surface area contributed by atoms with Crippen LogP contribution in [-0.4, -0.2) is 35.5 Å². The van der Waals surface area contributed by atoms with Crippen molar-refractivity contribution in [2.45, 2.75) is 83.7 Å². The van der Waals surface area contributed by atoms with Gasteiger partial charge in [0.25, 0.3) is 0 Å². The van der Waals surface area contributed by atoms with Crippen LogP contribution >= 0.6 is 12.4 Å². The molecule has 5 rings (SSSR count). The zero-order valence-corrected chi connectivity index (χ0v) is 25.0. The van der Waals surface area contributed by atoms with Crippen molar-refractivity contribution in [3.63, 3.8) is 0 Å². The van der Waals surface area contributed by atoms with Crippen LogP contribution in [0.5, 0.6) is 11.5 Å². The molecule has 2 aliphatic heterocycles. The number of aromatic nitrogens is 1. The highest BCUT2D eigenvalue weighted by molar-refractivity contribution is 5.85. The Morgan fingerprint density at radius 3 is 2.62 bits per heavy atom. The van der Waals surface area contributed by atoms with Gasteiger partial charge >= 0.3 is 5.97 Å². The van der Waals surface area contributed by atoms with Crippen LogP contribution in [0.4, 0.5) is 0 Å². The third kappa shape index (κ3) is 7.24. The smallest absolute Gasteiger partial charge is 0.311 e. The molecule has 0 amide bonds. The quantitative estimate of drug-likeness (QED) is 0.184. The summed E-state index contributed by atoms with van der Waals surface area (Å²) >= 11 is 0. The van der Waals surface area contributed by atoms with Crippen molar-refractivity contribution in [1.82, 2.24) is 9.88 Å². The van der Waals surface area contributed by atoms with Crippen molar-refractivity contribution < 1.29 is 14.3 Å². The molecule has 1 unspecified atom stereocenters. The van der Waals surface area contributed by atoms with Gasteiger partial charge in [0.05, 0.1) is 5.56 Å². The van der Waals surface area contributed by atoms with E-state index in [-0.39, 0.29) is 18.4 Å². The fourth-order valence-corrected chi connectivity index (χ4v) is 6.00. The van der Waals surface area contributed by atoms with E-state index < -0.39 is 5.60 Å². The van der Waals surface area contributed by atoms with E-state index in [0.29, 0.717) is 18.1 Å². The summed E-state index contributed by atoms with van der Waals surface area (Å²) in [7, 11) is 0. The largest absolute Gasteiger partial charge is 0.482 e. The van der Waals surface area contributed by atoms with Crippen LogP contribution in [0.3, 0.4) is 0 Å². The van der Waals surface area contributed by atoms with Gasteiger partial charge in [-0.1, -0.05) is 43.7 Å². The van der Waals surface area contributed by atoms with Crippen molar-refractivity contribution in [1.29, 1.82) is 0 Å². The molecule has 0 spiro atoms. The number of hydrogen-bond donors (Lipinski definition) is 0. The Morgan fingerprint density at radius 2 is 1.85 bits per heavy atom. The van der Waals surface area contributed by atoms with E-state index in [2.05, 4.69) is 73.1 Å². The van der Waals surface area contributed by atoms with Crippen molar-refractivity contribution in [3.05, 3.63) is 77.6 Å². The lowest BCUT2D eigenvalue weighted by atomic mass is 9.85. The minimum atomic E-state index is -0.504. The number of piperidine rings is 1. The molecule has 0 radical (unpaired) electrons. The number of likely N-dealkylation sites (tertiary alicyclic amines) is 1. The molecule has 6 heteroatoms. The molecule has 3 heterocycles. The molecular weight excluding hydrogens is 520 g/mol. The van der Waals surface area contributed by atoms with Crippen LogP contribution in [0.25, 0.3) is 11.1 Å². The number of carbonyl (C=O) groups is 1. The molecule has 0 aliphatic carbocycles. The zero-order chi connectivity index (χ0) is 27.2. The van der Waals surface area contributed by atoms with Crippen LogP contribution < -0.4 is 9.47 Å². The molecule has 1 aromatic heterocycles. The lowest BCUT2D eigenvalue weighted by Gasteiger charge is -2.35. The van der Waals surface area contributed by atoms with E-state index in [1.165, 1.54) is 24.8 Å². The highest BCUT2D eigenvalue weighted by Gasteiger charge is 2.35. The molecule has 5 nitrogen and oxygen atoms in total. The Balaban J connectivity index is 0.00000370. The Morgan fingerprint density at radius 1 is 1.07 bits per heavy atom. The number of rotatable bonds is 10. The van der Waals surface area contributed by atoms with Crippen LogP contribution in [0.15, 0.2) is 60.9 Å². The Kier molecular flexibility index (Phi) is 10.3. The number of hydrogen-bond acceptors (Lipinski definition) is 5. The molecule has 40 heavy (non-hydrogen) atoms. The molecule has 0 saturated carbocycles. The fraction of sp³-hybridized carbons (Fsp3) is 0.471. The molecule has 0 N–H and O–H groups in total. The molecule has 2 aromatic carbocycles. The maximum absolute atomic E-state index is 13.1. The van der Waals surface area contributed by atoms with E-state index in [9.17, 15) is 4.79 Å². The number of aryl methyl sites for hydroxylation is 1. The summed E-state index contributed by atoms with van der Waals surface area (Å²) in [5.74, 6) is 1.48. The van der Waals surface area contributed by atoms with Gasteiger partial charge in [0.2, 0.25) is 0 Å². The van der Waals surface area contributed by atoms with Gasteiger partial charge in [-0.2, -0.15) is 0 Å². The van der Waals surface area contributed by atoms with Crippen molar-refractivity contribution in [2.24, 2.45) is 0 Å². The number of halogens is 1. The van der Waals surface area contributed by atoms with E-state index in [1.807, 2.05) is 12.3 Å². The lowest BCUT2D eigenvalue weighted by Crippen LogP contribution is -2.31. The zero-order valence-electron chi connectivity index (χ0n) is 24.2. The van der Waals surface area contributed by atoms with Gasteiger partial charge in [-0.05, 0) is 107 Å². The Bertz CT molecular complexity index is 1270. The van der Waals surface area contributed by atoms with Gasteiger partial charge in [0.1, 0.15) is 17.1 Å². The highest BCUT2D eigenvalue weighted by atomic mass is 35.5. The second-order valence-corrected chi connectivity index (χ2v) is 11.7. The molecule has 0 bridgehead atoms. The first-order valence-electron chi connectivity index (χ1n) is 14.7. The number of nitrogens with zero attached hydrogens (tertiary/aromatic N) is 2. The summed E-state index contributed by atoms with van der Waals surface area (Å²) in [4.78, 5) is 20.0. The van der Waals surface area contributed by atoms with Crippen molar-refractivity contribution in [2.75, 3.05) is 19.6 Å². The third-order valence-corrected chi connectivity index (χ3v) is 8.23. The topological polar surface area (TPSA) is 51.7 Å². The molecule has 1 fully saturated rings. The maximum atomic E-state index is 13.1. The number of fused-ring (bicyclic) bond motifs is 3. The maximum Gasteiger partial charge on any atom is 0.311 e. The van der Waals surface area contributed by atoms with Gasteiger partial charge in [-0.25, -0.2) is 0 Å². The normalized spacial score (nSPS) is 16.6. The number of ether oxygens (including phenoxy) is 2. The van der Waals surface area contributed by atoms with Gasteiger partial charge in [0, 0.05) is 29.9 Å². The summed E-state index contributed by atoms with van der Waals surface area (Å²) in [5, 5.41) is 0. The molecular formula is C34H43ClN2O3. The van der Waals surface area contributed by atoms with E-state index in [4.69, 9.17) is 9.47 Å². The standard InChI is InChI=1S/C34H42N2O3.ClH/c1-25(12-10-15-26-13-6-4-7-14-26)27-22-30(38-32(37)16-11-21-36-19-8-5-9-20-36)33-28-24-35-18-17-29(28)34(2,3)39-31(33)23-27;/h4,6-7,13-14,17-18,22-25H,5,8-12,15-16,19-21H2,1-3H3;1H. The predicted molar refractivity (Wildman–Crippen MR) is 164 cm³/mol. The van der Waals surface area contributed by atoms with E-state index in [1.54, 1.807) is 6.20 Å². The second kappa shape index (κ2) is 13.6. The molecule has 214 valence electrons. The molecule has 1 atom stereocenters. The Hall–Kier alpha value is -2.89. The average molecular weight is 563 g/mol. The van der Waals surface area contributed by atoms with Crippen molar-refractivity contribution >= 4 is 18.4 Å². The minimum Gasteiger partial charge on any atom is -0.482 e. The van der Waals surface area contributed by atoms with Gasteiger partial charge in [0.15, 0.2) is 0 Å². The first-order valence-corrected chi connectivity index (χ1v) is 14.7. The molecule has 2 aliphatic rings. The summed E-state index contributed by atoms with van der Waals surface area (Å²) < 4.78 is 12.7. The summed E-state index contributed by atoms with van der Waals surface area (Å²) in [6.07, 6.45) is 11.9. The number of benzene rings is 2. The summed E-state index contributed by atoms with van der Waals surface area (Å²) in [6.45, 7) is 9.65. The first-order chi connectivity index (χ1) is 18.9. The van der Waals surface area contributed by atoms with Crippen LogP contribution in [0.2, 0.25) is 0 Å². The molecule has 1 saturated heterocycles.